The molecule has 18 heteroatoms. The summed E-state index contributed by atoms with van der Waals surface area (Å²) in [6, 6.07) is 18.4. The van der Waals surface area contributed by atoms with E-state index >= 15 is 0 Å². The molecule has 0 spiro atoms. The van der Waals surface area contributed by atoms with Crippen LogP contribution in [0, 0.1) is 34.3 Å². The molecular weight excluding hydrogens is 907 g/mol. The molecule has 1 N–H and O–H groups in total. The lowest BCUT2D eigenvalue weighted by Gasteiger charge is -2.42. The van der Waals surface area contributed by atoms with Crippen molar-refractivity contribution >= 4 is 40.5 Å². The van der Waals surface area contributed by atoms with E-state index < -0.39 is 76.5 Å². The van der Waals surface area contributed by atoms with Gasteiger partial charge in [0.25, 0.3) is 5.56 Å². The maximum Gasteiger partial charge on any atom is 0.343 e. The Kier molecular flexibility index (Phi) is 13.8. The number of rotatable bonds is 15. The molecular formula is C52H51N3O15. The van der Waals surface area contributed by atoms with E-state index in [1.54, 1.807) is 43.5 Å². The van der Waals surface area contributed by atoms with Crippen LogP contribution in [0.5, 0.6) is 11.5 Å². The van der Waals surface area contributed by atoms with E-state index in [1.165, 1.54) is 32.2 Å². The van der Waals surface area contributed by atoms with Crippen molar-refractivity contribution in [2.45, 2.75) is 110 Å². The fourth-order valence-electron chi connectivity index (χ4n) is 9.36. The average molecular weight is 958 g/mol. The quantitative estimate of drug-likeness (QED) is 0.0383. The molecule has 0 aliphatic carbocycles. The summed E-state index contributed by atoms with van der Waals surface area (Å²) in [6.45, 7) is 8.63. The largest absolute Gasteiger partial charge is 0.489 e. The van der Waals surface area contributed by atoms with Gasteiger partial charge in [-0.3, -0.25) is 24.5 Å². The van der Waals surface area contributed by atoms with Crippen molar-refractivity contribution in [2.75, 3.05) is 7.11 Å². The summed E-state index contributed by atoms with van der Waals surface area (Å²) >= 11 is 0. The first kappa shape index (κ1) is 48.8. The molecule has 1 saturated heterocycles. The van der Waals surface area contributed by atoms with Crippen LogP contribution in [-0.4, -0.2) is 69.1 Å². The molecule has 5 heterocycles. The van der Waals surface area contributed by atoms with Crippen LogP contribution in [0.3, 0.4) is 0 Å². The molecule has 1 fully saturated rings. The third-order valence-corrected chi connectivity index (χ3v) is 13.4. The Labute approximate surface area is 401 Å². The molecule has 0 radical (unpaired) electrons. The maximum atomic E-state index is 13.7. The molecule has 3 aliphatic heterocycles. The Balaban J connectivity index is 0.929. The van der Waals surface area contributed by atoms with Crippen LogP contribution in [-0.2, 0) is 81.1 Å². The molecule has 3 aliphatic rings. The van der Waals surface area contributed by atoms with E-state index in [4.69, 9.17) is 44.6 Å². The highest BCUT2D eigenvalue weighted by Gasteiger charge is 2.49. The van der Waals surface area contributed by atoms with Gasteiger partial charge in [-0.2, -0.15) is 0 Å². The highest BCUT2D eigenvalue weighted by atomic mass is 16.7. The first-order valence-electron chi connectivity index (χ1n) is 22.8. The van der Waals surface area contributed by atoms with Crippen molar-refractivity contribution in [3.8, 4) is 35.2 Å². The van der Waals surface area contributed by atoms with Crippen molar-refractivity contribution < 1.29 is 62.4 Å². The predicted octanol–water partition coefficient (Wildman–Crippen LogP) is 6.46. The number of terminal acetylenes is 1. The molecule has 3 aromatic carbocycles. The molecule has 0 amide bonds. The van der Waals surface area contributed by atoms with Crippen molar-refractivity contribution in [1.82, 2.24) is 9.55 Å². The molecule has 18 nitrogen and oxygen atoms in total. The van der Waals surface area contributed by atoms with Crippen LogP contribution in [0.4, 0.5) is 5.69 Å². The van der Waals surface area contributed by atoms with Gasteiger partial charge in [-0.05, 0) is 65.8 Å². The summed E-state index contributed by atoms with van der Waals surface area (Å²) in [5, 5.41) is 24.5. The molecule has 364 valence electrons. The van der Waals surface area contributed by atoms with Crippen molar-refractivity contribution in [1.29, 1.82) is 0 Å². The highest BCUT2D eigenvalue weighted by Crippen LogP contribution is 2.42. The standard InChI is InChI=1S/C52H51N3O15/c1-8-11-42(32-16-19-43(40(21-32)55(62)63)69-50-47(67-29(6)56)28(5)27(4)46(70-50)49(59)64-7)68-44(57)20-30-12-14-31(15-13-30)25-65-33-17-18-39-35(22-33)34(9-2)36-24-54-41(45(36)53-39)23-38-37(48(54)58)26-66-51(60)52(38,61)10-3/h1,12-19,21-23,27-28,42,46-47,50,61H,9-11,20,24-26H2,2-7H3/t27-,28-,42+,46-,47+,50+,52+/m1/s1. The third-order valence-electron chi connectivity index (χ3n) is 13.4. The minimum absolute atomic E-state index is 0.0493. The van der Waals surface area contributed by atoms with Gasteiger partial charge in [0.15, 0.2) is 23.6 Å². The SMILES string of the molecule is C#CC[C@H](OC(=O)Cc1ccc(COc2ccc3nc4c(c(CC)c3c2)Cn2c-4cc3c(c2=O)COC(=O)[C@]3(O)CC)cc1)c1ccc(O[C@H]2O[C@@H](C(=O)OC)[C@H](C)[C@@H](C)[C@@H]2OC(C)=O)c([N+](=O)[O-])c1. The summed E-state index contributed by atoms with van der Waals surface area (Å²) in [6.07, 6.45) is 1.51. The topological polar surface area (TPSA) is 231 Å². The number of cyclic esters (lactones) is 1. The smallest absolute Gasteiger partial charge is 0.343 e. The van der Waals surface area contributed by atoms with Gasteiger partial charge in [-0.1, -0.05) is 58.0 Å². The number of aryl methyl sites for hydroxylation is 1. The number of aliphatic hydroxyl groups is 1. The number of nitro groups is 1. The lowest BCUT2D eigenvalue weighted by Crippen LogP contribution is -2.55. The van der Waals surface area contributed by atoms with Crippen molar-refractivity contribution in [3.63, 3.8) is 0 Å². The number of fused-ring (bicyclic) bond motifs is 5. The normalized spacial score (nSPS) is 21.5. The van der Waals surface area contributed by atoms with Crippen molar-refractivity contribution in [3.05, 3.63) is 126 Å². The lowest BCUT2D eigenvalue weighted by atomic mass is 9.83. The van der Waals surface area contributed by atoms with Crippen LogP contribution < -0.4 is 15.0 Å². The van der Waals surface area contributed by atoms with Gasteiger partial charge in [0, 0.05) is 41.0 Å². The fourth-order valence-corrected chi connectivity index (χ4v) is 9.36. The number of carbonyl (C=O) groups excluding carboxylic acids is 4. The average Bonchev–Trinajstić information content (AvgIpc) is 3.71. The number of methoxy groups -OCH3 is 1. The fraction of sp³-hybridized carbons (Fsp3) is 0.385. The number of aromatic nitrogens is 2. The van der Waals surface area contributed by atoms with Crippen molar-refractivity contribution in [2.24, 2.45) is 11.8 Å². The maximum absolute atomic E-state index is 13.7. The number of esters is 4. The molecule has 2 aromatic heterocycles. The van der Waals surface area contributed by atoms with E-state index in [-0.39, 0.29) is 67.0 Å². The second-order valence-electron chi connectivity index (χ2n) is 17.6. The Morgan fingerprint density at radius 3 is 2.44 bits per heavy atom. The van der Waals surface area contributed by atoms with Crippen LogP contribution >= 0.6 is 0 Å². The summed E-state index contributed by atoms with van der Waals surface area (Å²) < 4.78 is 41.0. The molecule has 5 aromatic rings. The number of ether oxygens (including phenoxy) is 7. The van der Waals surface area contributed by atoms with Gasteiger partial charge in [0.05, 0.1) is 53.9 Å². The summed E-state index contributed by atoms with van der Waals surface area (Å²) in [5.41, 5.74) is 3.16. The van der Waals surface area contributed by atoms with E-state index in [2.05, 4.69) is 5.92 Å². The number of pyridine rings is 2. The minimum atomic E-state index is -1.92. The number of nitro benzene ring substituents is 1. The van der Waals surface area contributed by atoms with Crippen LogP contribution in [0.1, 0.15) is 92.5 Å². The van der Waals surface area contributed by atoms with E-state index in [0.29, 0.717) is 34.6 Å². The molecule has 0 bridgehead atoms. The lowest BCUT2D eigenvalue weighted by molar-refractivity contribution is -0.387. The van der Waals surface area contributed by atoms with E-state index in [0.717, 1.165) is 22.1 Å². The molecule has 8 rings (SSSR count). The Bertz CT molecular complexity index is 3030. The zero-order valence-corrected chi connectivity index (χ0v) is 39.3. The minimum Gasteiger partial charge on any atom is -0.489 e. The second kappa shape index (κ2) is 19.8. The Morgan fingerprint density at radius 2 is 1.77 bits per heavy atom. The summed E-state index contributed by atoms with van der Waals surface area (Å²) in [4.78, 5) is 80.9. The number of nitrogens with zero attached hydrogens (tertiary/aromatic N) is 3. The highest BCUT2D eigenvalue weighted by molar-refractivity contribution is 5.90. The zero-order valence-electron chi connectivity index (χ0n) is 39.3. The molecule has 7 atom stereocenters. The van der Waals surface area contributed by atoms with Crippen LogP contribution in [0.25, 0.3) is 22.3 Å². The van der Waals surface area contributed by atoms with Gasteiger partial charge >= 0.3 is 29.6 Å². The molecule has 0 saturated carbocycles. The molecule has 0 unspecified atom stereocenters. The van der Waals surface area contributed by atoms with Gasteiger partial charge in [0.2, 0.25) is 6.29 Å². The van der Waals surface area contributed by atoms with Gasteiger partial charge in [-0.15, -0.1) is 12.3 Å². The first-order valence-corrected chi connectivity index (χ1v) is 22.8. The zero-order chi connectivity index (χ0) is 50.2. The van der Waals surface area contributed by atoms with Gasteiger partial charge in [-0.25, -0.2) is 14.6 Å². The van der Waals surface area contributed by atoms with E-state index in [9.17, 15) is 39.2 Å². The number of carbonyl (C=O) groups is 4. The first-order chi connectivity index (χ1) is 33.5. The predicted molar refractivity (Wildman–Crippen MR) is 249 cm³/mol. The second-order valence-corrected chi connectivity index (χ2v) is 17.6. The number of hydrogen-bond acceptors (Lipinski definition) is 16. The summed E-state index contributed by atoms with van der Waals surface area (Å²) in [7, 11) is 1.20. The van der Waals surface area contributed by atoms with E-state index in [1.807, 2.05) is 37.3 Å². The number of benzene rings is 3. The van der Waals surface area contributed by atoms with Gasteiger partial charge < -0.3 is 42.8 Å². The number of hydrogen-bond donors (Lipinski definition) is 1. The third kappa shape index (κ3) is 9.17. The monoisotopic (exact) mass is 957 g/mol. The molecule has 70 heavy (non-hydrogen) atoms. The van der Waals surface area contributed by atoms with Crippen LogP contribution in [0.2, 0.25) is 0 Å². The van der Waals surface area contributed by atoms with Crippen LogP contribution in [0.15, 0.2) is 71.5 Å². The Hall–Kier alpha value is -7.62. The van der Waals surface area contributed by atoms with Gasteiger partial charge in [0.1, 0.15) is 25.1 Å². The summed E-state index contributed by atoms with van der Waals surface area (Å²) in [5.74, 6) is -0.868. The Morgan fingerprint density at radius 1 is 1.03 bits per heavy atom.